The van der Waals surface area contributed by atoms with E-state index in [0.29, 0.717) is 30.4 Å². The van der Waals surface area contributed by atoms with Gasteiger partial charge in [-0.2, -0.15) is 5.10 Å². The Morgan fingerprint density at radius 3 is 2.85 bits per heavy atom. The first-order valence-electron chi connectivity index (χ1n) is 9.42. The molecule has 9 heteroatoms. The first kappa shape index (κ1) is 19.8. The van der Waals surface area contributed by atoms with E-state index in [9.17, 15) is 9.59 Å². The Morgan fingerprint density at radius 2 is 2.19 bits per heavy atom. The summed E-state index contributed by atoms with van der Waals surface area (Å²) in [5.41, 5.74) is 0.893. The second kappa shape index (κ2) is 8.35. The van der Waals surface area contributed by atoms with Crippen molar-refractivity contribution in [2.24, 2.45) is 0 Å². The van der Waals surface area contributed by atoms with Gasteiger partial charge in [0.25, 0.3) is 5.91 Å². The van der Waals surface area contributed by atoms with Crippen molar-refractivity contribution < 1.29 is 4.79 Å². The molecular weight excluding hydrogens is 364 g/mol. The molecule has 0 bridgehead atoms. The molecule has 1 amide bonds. The molecule has 1 aliphatic rings. The van der Waals surface area contributed by atoms with Gasteiger partial charge in [-0.25, -0.2) is 14.5 Å². The maximum Gasteiger partial charge on any atom is 0.345 e. The summed E-state index contributed by atoms with van der Waals surface area (Å²) in [6.07, 6.45) is 2.18. The zero-order valence-electron chi connectivity index (χ0n) is 16.4. The number of aromatic nitrogens is 4. The molecule has 27 heavy (non-hydrogen) atoms. The van der Waals surface area contributed by atoms with Gasteiger partial charge >= 0.3 is 5.69 Å². The number of nitrogens with zero attached hydrogens (tertiary/aromatic N) is 5. The van der Waals surface area contributed by atoms with Crippen LogP contribution in [0.3, 0.4) is 0 Å². The largest absolute Gasteiger partial charge is 0.347 e. The van der Waals surface area contributed by atoms with Crippen LogP contribution in [0, 0.1) is 0 Å². The molecule has 2 aromatic rings. The van der Waals surface area contributed by atoms with E-state index < -0.39 is 0 Å². The standard InChI is InChI=1S/C18H28N6O2S/c1-12(2)14-11-27-17(20-14)16(25)19-13-5-6-15-21-24(10-9-22(3)4)18(26)23(15)8-7-13/h11-13H,5-10H2,1-4H3,(H,19,25). The van der Waals surface area contributed by atoms with E-state index in [2.05, 4.69) is 29.2 Å². The van der Waals surface area contributed by atoms with Crippen molar-refractivity contribution in [3.05, 3.63) is 32.4 Å². The predicted molar refractivity (Wildman–Crippen MR) is 105 cm³/mol. The van der Waals surface area contributed by atoms with E-state index in [-0.39, 0.29) is 17.6 Å². The number of carbonyl (C=O) groups excluding carboxylic acids is 1. The third-order valence-electron chi connectivity index (χ3n) is 4.82. The van der Waals surface area contributed by atoms with Gasteiger partial charge in [-0.3, -0.25) is 9.36 Å². The number of carbonyl (C=O) groups is 1. The Kier molecular flexibility index (Phi) is 6.11. The minimum Gasteiger partial charge on any atom is -0.347 e. The Balaban J connectivity index is 1.61. The molecule has 0 saturated heterocycles. The first-order chi connectivity index (χ1) is 12.8. The van der Waals surface area contributed by atoms with Crippen molar-refractivity contribution in [1.82, 2.24) is 29.5 Å². The molecule has 3 heterocycles. The monoisotopic (exact) mass is 392 g/mol. The maximum atomic E-state index is 12.5. The summed E-state index contributed by atoms with van der Waals surface area (Å²) in [6, 6.07) is 0.0280. The van der Waals surface area contributed by atoms with E-state index in [1.165, 1.54) is 11.3 Å². The van der Waals surface area contributed by atoms with Gasteiger partial charge < -0.3 is 10.2 Å². The Labute approximate surface area is 163 Å². The molecule has 1 atom stereocenters. The molecule has 0 saturated carbocycles. The number of likely N-dealkylation sites (N-methyl/N-ethyl adjacent to an activating group) is 1. The highest BCUT2D eigenvalue weighted by atomic mass is 32.1. The van der Waals surface area contributed by atoms with E-state index >= 15 is 0 Å². The van der Waals surface area contributed by atoms with Gasteiger partial charge in [0.05, 0.1) is 12.2 Å². The number of hydrogen-bond acceptors (Lipinski definition) is 6. The molecule has 0 radical (unpaired) electrons. The Morgan fingerprint density at radius 1 is 1.41 bits per heavy atom. The van der Waals surface area contributed by atoms with Crippen LogP contribution in [0.5, 0.6) is 0 Å². The number of thiazole rings is 1. The smallest absolute Gasteiger partial charge is 0.345 e. The fourth-order valence-electron chi connectivity index (χ4n) is 3.12. The minimum atomic E-state index is -0.125. The molecule has 1 unspecified atom stereocenters. The third kappa shape index (κ3) is 4.65. The van der Waals surface area contributed by atoms with Crippen molar-refractivity contribution >= 4 is 17.2 Å². The molecule has 1 aliphatic heterocycles. The van der Waals surface area contributed by atoms with E-state index in [1.54, 1.807) is 9.25 Å². The molecule has 148 valence electrons. The van der Waals surface area contributed by atoms with Gasteiger partial charge in [0.1, 0.15) is 5.82 Å². The van der Waals surface area contributed by atoms with Gasteiger partial charge in [0.15, 0.2) is 5.01 Å². The number of aryl methyl sites for hydroxylation is 1. The van der Waals surface area contributed by atoms with Crippen LogP contribution in [-0.2, 0) is 19.5 Å². The number of amides is 1. The molecule has 0 fully saturated rings. The van der Waals surface area contributed by atoms with Crippen LogP contribution < -0.4 is 11.0 Å². The number of rotatable bonds is 6. The van der Waals surface area contributed by atoms with Crippen molar-refractivity contribution in [1.29, 1.82) is 0 Å². The van der Waals surface area contributed by atoms with Crippen LogP contribution in [0.4, 0.5) is 0 Å². The minimum absolute atomic E-state index is 0.0280. The van der Waals surface area contributed by atoms with Crippen LogP contribution in [0.2, 0.25) is 0 Å². The lowest BCUT2D eigenvalue weighted by Crippen LogP contribution is -2.36. The highest BCUT2D eigenvalue weighted by Crippen LogP contribution is 2.18. The number of nitrogens with one attached hydrogen (secondary N) is 1. The summed E-state index contributed by atoms with van der Waals surface area (Å²) >= 11 is 1.38. The Bertz CT molecular complexity index is 850. The van der Waals surface area contributed by atoms with Crippen LogP contribution in [0.15, 0.2) is 10.2 Å². The quantitative estimate of drug-likeness (QED) is 0.801. The van der Waals surface area contributed by atoms with Crippen molar-refractivity contribution in [2.75, 3.05) is 20.6 Å². The van der Waals surface area contributed by atoms with Crippen molar-refractivity contribution in [3.63, 3.8) is 0 Å². The van der Waals surface area contributed by atoms with Gasteiger partial charge in [-0.05, 0) is 32.9 Å². The SMILES string of the molecule is CC(C)c1csc(C(=O)NC2CCc3nn(CCN(C)C)c(=O)n3CC2)n1. The summed E-state index contributed by atoms with van der Waals surface area (Å²) in [6.45, 7) is 6.08. The van der Waals surface area contributed by atoms with E-state index in [1.807, 2.05) is 24.4 Å². The fraction of sp³-hybridized carbons (Fsp3) is 0.667. The summed E-state index contributed by atoms with van der Waals surface area (Å²) in [5.74, 6) is 0.999. The van der Waals surface area contributed by atoms with Gasteiger partial charge in [0.2, 0.25) is 0 Å². The Hall–Kier alpha value is -2.00. The van der Waals surface area contributed by atoms with Crippen LogP contribution in [-0.4, -0.2) is 56.8 Å². The molecule has 0 aromatic carbocycles. The van der Waals surface area contributed by atoms with Crippen LogP contribution >= 0.6 is 11.3 Å². The molecule has 0 aliphatic carbocycles. The predicted octanol–water partition coefficient (Wildman–Crippen LogP) is 1.32. The maximum absolute atomic E-state index is 12.5. The fourth-order valence-corrected chi connectivity index (χ4v) is 4.00. The normalized spacial score (nSPS) is 17.2. The summed E-state index contributed by atoms with van der Waals surface area (Å²) in [5, 5.41) is 10.0. The molecule has 0 spiro atoms. The van der Waals surface area contributed by atoms with Crippen LogP contribution in [0.25, 0.3) is 0 Å². The summed E-state index contributed by atoms with van der Waals surface area (Å²) in [7, 11) is 3.96. The van der Waals surface area contributed by atoms with Crippen molar-refractivity contribution in [3.8, 4) is 0 Å². The molecule has 2 aromatic heterocycles. The third-order valence-corrected chi connectivity index (χ3v) is 5.68. The van der Waals surface area contributed by atoms with Gasteiger partial charge in [-0.15, -0.1) is 11.3 Å². The first-order valence-corrected chi connectivity index (χ1v) is 10.3. The average molecular weight is 393 g/mol. The number of fused-ring (bicyclic) bond motifs is 1. The van der Waals surface area contributed by atoms with Crippen molar-refractivity contribution in [2.45, 2.75) is 58.2 Å². The second-order valence-electron chi connectivity index (χ2n) is 7.61. The van der Waals surface area contributed by atoms with E-state index in [4.69, 9.17) is 0 Å². The highest BCUT2D eigenvalue weighted by molar-refractivity contribution is 7.11. The topological polar surface area (TPSA) is 85.0 Å². The molecule has 8 nitrogen and oxygen atoms in total. The lowest BCUT2D eigenvalue weighted by molar-refractivity contribution is 0.0932. The van der Waals surface area contributed by atoms with Crippen LogP contribution in [0.1, 0.15) is 53.9 Å². The molecule has 3 rings (SSSR count). The summed E-state index contributed by atoms with van der Waals surface area (Å²) in [4.78, 5) is 31.5. The average Bonchev–Trinajstić information content (AvgIpc) is 3.16. The molecular formula is C18H28N6O2S. The van der Waals surface area contributed by atoms with Gasteiger partial charge in [0, 0.05) is 30.9 Å². The van der Waals surface area contributed by atoms with Gasteiger partial charge in [-0.1, -0.05) is 13.8 Å². The lowest BCUT2D eigenvalue weighted by Gasteiger charge is -2.15. The number of hydrogen-bond donors (Lipinski definition) is 1. The highest BCUT2D eigenvalue weighted by Gasteiger charge is 2.23. The van der Waals surface area contributed by atoms with E-state index in [0.717, 1.165) is 30.9 Å². The summed E-state index contributed by atoms with van der Waals surface area (Å²) < 4.78 is 3.30. The second-order valence-corrected chi connectivity index (χ2v) is 8.46. The lowest BCUT2D eigenvalue weighted by atomic mass is 10.1. The zero-order chi connectivity index (χ0) is 19.6. The zero-order valence-corrected chi connectivity index (χ0v) is 17.3. The molecule has 1 N–H and O–H groups in total.